The Morgan fingerprint density at radius 2 is 1.12 bits per heavy atom. The number of carboxylic acids is 2. The van der Waals surface area contributed by atoms with E-state index < -0.39 is 23.8 Å². The van der Waals surface area contributed by atoms with Crippen molar-refractivity contribution in [2.45, 2.75) is 58.8 Å². The van der Waals surface area contributed by atoms with Crippen LogP contribution >= 0.6 is 0 Å². The lowest BCUT2D eigenvalue weighted by atomic mass is 9.73. The Bertz CT molecular complexity index is 1020. The lowest BCUT2D eigenvalue weighted by Gasteiger charge is -2.31. The van der Waals surface area contributed by atoms with Crippen LogP contribution in [0.1, 0.15) is 62.8 Å². The van der Waals surface area contributed by atoms with Gasteiger partial charge >= 0.3 is 11.9 Å². The van der Waals surface area contributed by atoms with Crippen LogP contribution in [0.2, 0.25) is 0 Å². The van der Waals surface area contributed by atoms with Crippen molar-refractivity contribution in [2.75, 3.05) is 0 Å². The molecule has 172 valence electrons. The first-order valence-corrected chi connectivity index (χ1v) is 11.2. The highest BCUT2D eigenvalue weighted by Crippen LogP contribution is 2.37. The maximum absolute atomic E-state index is 11.5. The Morgan fingerprint density at radius 1 is 0.758 bits per heavy atom. The standard InChI is InChI=1S/C29H32O4/c1-5-11-23(27(30)31)19-17-21-13-7-9-15-25(21)29(3,4)26-16-10-8-14-22(26)18-20-24(12-6-2)28(32)33/h7-10,13-16,23-24H,17-20H2,1-4H3,(H,30,31)(H,32,33). The molecule has 4 heteroatoms. The average Bonchev–Trinajstić information content (AvgIpc) is 2.79. The van der Waals surface area contributed by atoms with Gasteiger partial charge in [-0.15, -0.1) is 11.8 Å². The molecule has 2 atom stereocenters. The smallest absolute Gasteiger partial charge is 0.318 e. The minimum Gasteiger partial charge on any atom is -0.480 e. The Balaban J connectivity index is 2.37. The first-order valence-electron chi connectivity index (χ1n) is 11.2. The van der Waals surface area contributed by atoms with E-state index in [0.717, 1.165) is 22.3 Å². The third kappa shape index (κ3) is 6.74. The minimum atomic E-state index is -0.894. The van der Waals surface area contributed by atoms with E-state index in [1.54, 1.807) is 13.8 Å². The molecule has 0 aliphatic heterocycles. The fourth-order valence-electron chi connectivity index (χ4n) is 4.30. The number of rotatable bonds is 10. The van der Waals surface area contributed by atoms with E-state index in [2.05, 4.69) is 61.8 Å². The second-order valence-electron chi connectivity index (χ2n) is 8.59. The Kier molecular flexibility index (Phi) is 9.31. The number of aryl methyl sites for hydroxylation is 2. The number of aliphatic carboxylic acids is 2. The molecule has 2 aromatic rings. The molecule has 2 rings (SSSR count). The van der Waals surface area contributed by atoms with Gasteiger partial charge in [0.15, 0.2) is 0 Å². The van der Waals surface area contributed by atoms with Crippen LogP contribution < -0.4 is 0 Å². The molecule has 0 amide bonds. The van der Waals surface area contributed by atoms with Crippen LogP contribution in [0, 0.1) is 35.5 Å². The molecule has 0 spiro atoms. The van der Waals surface area contributed by atoms with Crippen LogP contribution in [0.3, 0.4) is 0 Å². The molecule has 2 aromatic carbocycles. The number of hydrogen-bond donors (Lipinski definition) is 2. The van der Waals surface area contributed by atoms with Crippen molar-refractivity contribution in [1.82, 2.24) is 0 Å². The second-order valence-corrected chi connectivity index (χ2v) is 8.59. The summed E-state index contributed by atoms with van der Waals surface area (Å²) < 4.78 is 0. The van der Waals surface area contributed by atoms with Crippen molar-refractivity contribution in [3.63, 3.8) is 0 Å². The van der Waals surface area contributed by atoms with Crippen LogP contribution in [-0.4, -0.2) is 22.2 Å². The Hall–Kier alpha value is -3.50. The van der Waals surface area contributed by atoms with Gasteiger partial charge in [-0.3, -0.25) is 9.59 Å². The molecule has 0 saturated heterocycles. The van der Waals surface area contributed by atoms with Crippen molar-refractivity contribution in [3.05, 3.63) is 70.8 Å². The van der Waals surface area contributed by atoms with E-state index in [4.69, 9.17) is 0 Å². The van der Waals surface area contributed by atoms with E-state index in [9.17, 15) is 19.8 Å². The molecule has 0 aliphatic rings. The summed E-state index contributed by atoms with van der Waals surface area (Å²) in [5.74, 6) is 7.86. The molecule has 2 unspecified atom stereocenters. The zero-order chi connectivity index (χ0) is 24.4. The highest BCUT2D eigenvalue weighted by molar-refractivity contribution is 5.74. The third-order valence-electron chi connectivity index (χ3n) is 6.02. The highest BCUT2D eigenvalue weighted by atomic mass is 16.4. The molecule has 0 aliphatic carbocycles. The molecule has 0 radical (unpaired) electrons. The van der Waals surface area contributed by atoms with Gasteiger partial charge in [0.05, 0.1) is 0 Å². The van der Waals surface area contributed by atoms with Gasteiger partial charge in [-0.2, -0.15) is 0 Å². The van der Waals surface area contributed by atoms with E-state index >= 15 is 0 Å². The maximum Gasteiger partial charge on any atom is 0.318 e. The van der Waals surface area contributed by atoms with E-state index in [1.807, 2.05) is 24.3 Å². The van der Waals surface area contributed by atoms with Crippen LogP contribution in [0.4, 0.5) is 0 Å². The lowest BCUT2D eigenvalue weighted by molar-refractivity contribution is -0.140. The molecule has 0 aromatic heterocycles. The fraction of sp³-hybridized carbons (Fsp3) is 0.379. The molecule has 2 N–H and O–H groups in total. The number of benzene rings is 2. The van der Waals surface area contributed by atoms with Crippen molar-refractivity contribution >= 4 is 11.9 Å². The first kappa shape index (κ1) is 25.8. The average molecular weight is 445 g/mol. The van der Waals surface area contributed by atoms with Crippen molar-refractivity contribution in [2.24, 2.45) is 11.8 Å². The summed E-state index contributed by atoms with van der Waals surface area (Å²) in [6.45, 7) is 7.63. The van der Waals surface area contributed by atoms with Crippen LogP contribution in [0.15, 0.2) is 48.5 Å². The monoisotopic (exact) mass is 444 g/mol. The van der Waals surface area contributed by atoms with Gasteiger partial charge in [-0.1, -0.05) is 74.2 Å². The molecule has 0 bridgehead atoms. The van der Waals surface area contributed by atoms with Gasteiger partial charge in [-0.05, 0) is 61.8 Å². The predicted molar refractivity (Wildman–Crippen MR) is 131 cm³/mol. The number of carboxylic acid groups (broad SMARTS) is 2. The van der Waals surface area contributed by atoms with E-state index in [-0.39, 0.29) is 5.41 Å². The van der Waals surface area contributed by atoms with Gasteiger partial charge in [-0.25, -0.2) is 0 Å². The molecular formula is C29H32O4. The molecule has 33 heavy (non-hydrogen) atoms. The zero-order valence-corrected chi connectivity index (χ0v) is 19.8. The van der Waals surface area contributed by atoms with Gasteiger partial charge in [0.1, 0.15) is 11.8 Å². The molecule has 0 saturated carbocycles. The summed E-state index contributed by atoms with van der Waals surface area (Å²) in [4.78, 5) is 23.1. The SMILES string of the molecule is CC#CC(CCc1ccccc1C(C)(C)c1ccccc1CCC(C#CC)C(=O)O)C(=O)O. The summed E-state index contributed by atoms with van der Waals surface area (Å²) in [7, 11) is 0. The first-order chi connectivity index (χ1) is 15.7. The van der Waals surface area contributed by atoms with Gasteiger partial charge < -0.3 is 10.2 Å². The summed E-state index contributed by atoms with van der Waals surface area (Å²) in [6.07, 6.45) is 2.11. The quantitative estimate of drug-likeness (QED) is 0.486. The van der Waals surface area contributed by atoms with Gasteiger partial charge in [0, 0.05) is 5.41 Å². The third-order valence-corrected chi connectivity index (χ3v) is 6.02. The van der Waals surface area contributed by atoms with Crippen molar-refractivity contribution < 1.29 is 19.8 Å². The minimum absolute atomic E-state index is 0.350. The summed E-state index contributed by atoms with van der Waals surface area (Å²) in [5.41, 5.74) is 4.11. The topological polar surface area (TPSA) is 74.6 Å². The van der Waals surface area contributed by atoms with Crippen LogP contribution in [0.25, 0.3) is 0 Å². The molecule has 0 fully saturated rings. The summed E-state index contributed by atoms with van der Waals surface area (Å²) in [5, 5.41) is 18.9. The van der Waals surface area contributed by atoms with E-state index in [1.165, 1.54) is 0 Å². The number of hydrogen-bond acceptors (Lipinski definition) is 2. The van der Waals surface area contributed by atoms with Gasteiger partial charge in [0.2, 0.25) is 0 Å². The molecule has 4 nitrogen and oxygen atoms in total. The predicted octanol–water partition coefficient (Wildman–Crippen LogP) is 5.33. The van der Waals surface area contributed by atoms with Crippen molar-refractivity contribution in [3.8, 4) is 23.7 Å². The largest absolute Gasteiger partial charge is 0.480 e. The van der Waals surface area contributed by atoms with E-state index in [0.29, 0.717) is 25.7 Å². The summed E-state index contributed by atoms with van der Waals surface area (Å²) >= 11 is 0. The maximum atomic E-state index is 11.5. The van der Waals surface area contributed by atoms with Crippen LogP contribution in [-0.2, 0) is 27.8 Å². The zero-order valence-electron chi connectivity index (χ0n) is 19.8. The second kappa shape index (κ2) is 11.9. The fourth-order valence-corrected chi connectivity index (χ4v) is 4.30. The van der Waals surface area contributed by atoms with Gasteiger partial charge in [0.25, 0.3) is 0 Å². The summed E-state index contributed by atoms with van der Waals surface area (Å²) in [6, 6.07) is 16.2. The van der Waals surface area contributed by atoms with Crippen LogP contribution in [0.5, 0.6) is 0 Å². The van der Waals surface area contributed by atoms with Crippen molar-refractivity contribution in [1.29, 1.82) is 0 Å². The Labute approximate surface area is 197 Å². The highest BCUT2D eigenvalue weighted by Gasteiger charge is 2.28. The lowest BCUT2D eigenvalue weighted by Crippen LogP contribution is -2.24. The molecular weight excluding hydrogens is 412 g/mol. The molecule has 0 heterocycles. The normalized spacial score (nSPS) is 12.5. The number of carbonyl (C=O) groups is 2. The Morgan fingerprint density at radius 3 is 1.45 bits per heavy atom.